The monoisotopic (exact) mass is 254 g/mol. The molecule has 0 radical (unpaired) electrons. The minimum Gasteiger partial charge on any atom is -0.453 e. The van der Waals surface area contributed by atoms with Crippen LogP contribution in [0.4, 0.5) is 13.2 Å². The Morgan fingerprint density at radius 2 is 1.65 bits per heavy atom. The van der Waals surface area contributed by atoms with E-state index in [0.29, 0.717) is 0 Å². The summed E-state index contributed by atoms with van der Waals surface area (Å²) in [6.07, 6.45) is -5.72. The predicted molar refractivity (Wildman–Crippen MR) is 59.5 cm³/mol. The summed E-state index contributed by atoms with van der Waals surface area (Å²) in [6.45, 7) is 8.74. The first kappa shape index (κ1) is 16.3. The summed E-state index contributed by atoms with van der Waals surface area (Å²) < 4.78 is 40.8. The second kappa shape index (κ2) is 5.74. The Bertz CT molecular complexity index is 253. The molecule has 0 saturated heterocycles. The molecule has 0 aromatic carbocycles. The molecule has 0 N–H and O–H groups in total. The lowest BCUT2D eigenvalue weighted by Gasteiger charge is -2.23. The zero-order valence-corrected chi connectivity index (χ0v) is 11.0. The third-order valence-corrected chi connectivity index (χ3v) is 2.25. The van der Waals surface area contributed by atoms with Crippen LogP contribution < -0.4 is 0 Å². The van der Waals surface area contributed by atoms with Gasteiger partial charge in [-0.15, -0.1) is 0 Å². The maximum Gasteiger partial charge on any atom is 0.425 e. The van der Waals surface area contributed by atoms with Crippen molar-refractivity contribution < 1.29 is 22.7 Å². The minimum absolute atomic E-state index is 0.0166. The molecule has 0 fully saturated rings. The smallest absolute Gasteiger partial charge is 0.425 e. The maximum absolute atomic E-state index is 12.1. The van der Waals surface area contributed by atoms with Crippen molar-refractivity contribution >= 4 is 5.97 Å². The van der Waals surface area contributed by atoms with E-state index < -0.39 is 18.2 Å². The van der Waals surface area contributed by atoms with Crippen LogP contribution in [0.25, 0.3) is 0 Å². The van der Waals surface area contributed by atoms with Crippen LogP contribution in [0.15, 0.2) is 0 Å². The Balaban J connectivity index is 4.11. The van der Waals surface area contributed by atoms with Crippen molar-refractivity contribution in [2.75, 3.05) is 0 Å². The topological polar surface area (TPSA) is 26.3 Å². The number of ether oxygens (including phenoxy) is 1. The molecule has 0 aliphatic carbocycles. The average molecular weight is 254 g/mol. The molecule has 2 atom stereocenters. The molecule has 0 bridgehead atoms. The van der Waals surface area contributed by atoms with Crippen LogP contribution in [0.5, 0.6) is 0 Å². The maximum atomic E-state index is 12.1. The first-order valence-corrected chi connectivity index (χ1v) is 5.68. The van der Waals surface area contributed by atoms with E-state index in [-0.39, 0.29) is 17.8 Å². The van der Waals surface area contributed by atoms with Crippen molar-refractivity contribution in [2.24, 2.45) is 11.3 Å². The van der Waals surface area contributed by atoms with Gasteiger partial charge in [0.2, 0.25) is 0 Å². The van der Waals surface area contributed by atoms with Gasteiger partial charge >= 0.3 is 12.1 Å². The Kier molecular flexibility index (Phi) is 5.49. The second-order valence-electron chi connectivity index (χ2n) is 5.75. The standard InChI is InChI=1S/C12H21F3O2/c1-8(7-11(3,4)5)6-10(16)17-9(2)12(13,14)15/h8-9H,6-7H2,1-5H3. The summed E-state index contributed by atoms with van der Waals surface area (Å²) in [6, 6.07) is 0. The van der Waals surface area contributed by atoms with Crippen molar-refractivity contribution in [3.63, 3.8) is 0 Å². The van der Waals surface area contributed by atoms with E-state index in [9.17, 15) is 18.0 Å². The molecule has 0 amide bonds. The lowest BCUT2D eigenvalue weighted by molar-refractivity contribution is -0.216. The lowest BCUT2D eigenvalue weighted by Crippen LogP contribution is -2.31. The molecule has 2 nitrogen and oxygen atoms in total. The van der Waals surface area contributed by atoms with Crippen LogP contribution >= 0.6 is 0 Å². The van der Waals surface area contributed by atoms with Crippen molar-refractivity contribution in [3.05, 3.63) is 0 Å². The lowest BCUT2D eigenvalue weighted by atomic mass is 9.84. The quantitative estimate of drug-likeness (QED) is 0.710. The zero-order chi connectivity index (χ0) is 13.9. The first-order valence-electron chi connectivity index (χ1n) is 5.68. The van der Waals surface area contributed by atoms with E-state index in [1.54, 1.807) is 0 Å². The van der Waals surface area contributed by atoms with Crippen molar-refractivity contribution in [1.29, 1.82) is 0 Å². The number of carbonyl (C=O) groups excluding carboxylic acids is 1. The molecule has 0 aromatic heterocycles. The average Bonchev–Trinajstić information content (AvgIpc) is 1.96. The molecule has 5 heteroatoms. The molecule has 102 valence electrons. The Labute approximate surface area is 101 Å². The Hall–Kier alpha value is -0.740. The van der Waals surface area contributed by atoms with Gasteiger partial charge in [0.25, 0.3) is 0 Å². The highest BCUT2D eigenvalue weighted by Crippen LogP contribution is 2.27. The van der Waals surface area contributed by atoms with Gasteiger partial charge in [-0.2, -0.15) is 13.2 Å². The van der Waals surface area contributed by atoms with Crippen LogP contribution in [0.2, 0.25) is 0 Å². The van der Waals surface area contributed by atoms with E-state index in [4.69, 9.17) is 0 Å². The van der Waals surface area contributed by atoms with E-state index >= 15 is 0 Å². The Morgan fingerprint density at radius 3 is 2.00 bits per heavy atom. The highest BCUT2D eigenvalue weighted by Gasteiger charge is 2.39. The van der Waals surface area contributed by atoms with E-state index in [0.717, 1.165) is 13.3 Å². The zero-order valence-electron chi connectivity index (χ0n) is 11.0. The highest BCUT2D eigenvalue weighted by atomic mass is 19.4. The molecule has 0 spiro atoms. The largest absolute Gasteiger partial charge is 0.453 e. The van der Waals surface area contributed by atoms with Crippen LogP contribution in [-0.4, -0.2) is 18.2 Å². The van der Waals surface area contributed by atoms with Crippen molar-refractivity contribution in [1.82, 2.24) is 0 Å². The van der Waals surface area contributed by atoms with E-state index in [1.807, 2.05) is 27.7 Å². The SMILES string of the molecule is CC(CC(=O)OC(C)C(F)(F)F)CC(C)(C)C. The molecule has 0 rings (SSSR count). The summed E-state index contributed by atoms with van der Waals surface area (Å²) in [5.74, 6) is -0.769. The number of alkyl halides is 3. The molecule has 17 heavy (non-hydrogen) atoms. The van der Waals surface area contributed by atoms with Crippen LogP contribution in [-0.2, 0) is 9.53 Å². The van der Waals surface area contributed by atoms with Gasteiger partial charge in [-0.05, 0) is 24.7 Å². The molecule has 2 unspecified atom stereocenters. The molecular formula is C12H21F3O2. The molecule has 0 aliphatic rings. The van der Waals surface area contributed by atoms with E-state index in [1.165, 1.54) is 0 Å². The summed E-state index contributed by atoms with van der Waals surface area (Å²) >= 11 is 0. The highest BCUT2D eigenvalue weighted by molar-refractivity contribution is 5.69. The molecule has 0 aromatic rings. The van der Waals surface area contributed by atoms with Gasteiger partial charge in [0.05, 0.1) is 0 Å². The molecule has 0 heterocycles. The number of hydrogen-bond acceptors (Lipinski definition) is 2. The van der Waals surface area contributed by atoms with E-state index in [2.05, 4.69) is 4.74 Å². The van der Waals surface area contributed by atoms with Gasteiger partial charge in [-0.3, -0.25) is 4.79 Å². The van der Waals surface area contributed by atoms with Crippen LogP contribution in [0, 0.1) is 11.3 Å². The molecule has 0 saturated carbocycles. The fraction of sp³-hybridized carbons (Fsp3) is 0.917. The third-order valence-electron chi connectivity index (χ3n) is 2.25. The fourth-order valence-electron chi connectivity index (χ4n) is 1.71. The Morgan fingerprint density at radius 1 is 1.18 bits per heavy atom. The predicted octanol–water partition coefficient (Wildman–Crippen LogP) is 3.94. The van der Waals surface area contributed by atoms with Crippen LogP contribution in [0.1, 0.15) is 47.5 Å². The van der Waals surface area contributed by atoms with Gasteiger partial charge in [0, 0.05) is 6.42 Å². The number of hydrogen-bond donors (Lipinski definition) is 0. The fourth-order valence-corrected chi connectivity index (χ4v) is 1.71. The number of rotatable bonds is 4. The third kappa shape index (κ3) is 8.05. The second-order valence-corrected chi connectivity index (χ2v) is 5.75. The normalized spacial score (nSPS) is 16.5. The summed E-state index contributed by atoms with van der Waals surface area (Å²) in [5.41, 5.74) is 0.0509. The van der Waals surface area contributed by atoms with Gasteiger partial charge in [0.1, 0.15) is 0 Å². The first-order chi connectivity index (χ1) is 7.42. The van der Waals surface area contributed by atoms with Gasteiger partial charge in [0.15, 0.2) is 6.10 Å². The van der Waals surface area contributed by atoms with Crippen molar-refractivity contribution in [2.45, 2.75) is 59.7 Å². The van der Waals surface area contributed by atoms with Gasteiger partial charge in [-0.25, -0.2) is 0 Å². The molecule has 0 aliphatic heterocycles. The number of halogens is 3. The van der Waals surface area contributed by atoms with Crippen molar-refractivity contribution in [3.8, 4) is 0 Å². The van der Waals surface area contributed by atoms with Gasteiger partial charge in [-0.1, -0.05) is 27.7 Å². The minimum atomic E-state index is -4.48. The summed E-state index contributed by atoms with van der Waals surface area (Å²) in [7, 11) is 0. The number of esters is 1. The van der Waals surface area contributed by atoms with Gasteiger partial charge < -0.3 is 4.74 Å². The number of carbonyl (C=O) groups is 1. The van der Waals surface area contributed by atoms with Crippen LogP contribution in [0.3, 0.4) is 0 Å². The summed E-state index contributed by atoms with van der Waals surface area (Å²) in [4.78, 5) is 11.3. The molecular weight excluding hydrogens is 233 g/mol. The summed E-state index contributed by atoms with van der Waals surface area (Å²) in [5, 5.41) is 0.